The normalized spacial score (nSPS) is 19.2. The monoisotopic (exact) mass is 486 g/mol. The summed E-state index contributed by atoms with van der Waals surface area (Å²) in [6, 6.07) is 12.9. The Balaban J connectivity index is 1.38. The number of carbonyl (C=O) groups excluding carboxylic acids is 1. The summed E-state index contributed by atoms with van der Waals surface area (Å²) < 4.78 is 38.0. The SMILES string of the molecule is COc1ccc(C2CCCN2C(=O)CCc2ccc(S(=O)(=O)N3CCCCC3)cc2)cc1OC. The van der Waals surface area contributed by atoms with E-state index in [-0.39, 0.29) is 11.9 Å². The third-order valence-corrected chi connectivity index (χ3v) is 8.78. The molecule has 2 aromatic rings. The van der Waals surface area contributed by atoms with Gasteiger partial charge in [-0.25, -0.2) is 8.42 Å². The van der Waals surface area contributed by atoms with E-state index in [2.05, 4.69) is 0 Å². The lowest BCUT2D eigenvalue weighted by Gasteiger charge is -2.26. The molecule has 7 nitrogen and oxygen atoms in total. The molecule has 1 unspecified atom stereocenters. The summed E-state index contributed by atoms with van der Waals surface area (Å²) >= 11 is 0. The fourth-order valence-corrected chi connectivity index (χ4v) is 6.47. The zero-order valence-corrected chi connectivity index (χ0v) is 20.9. The van der Waals surface area contributed by atoms with E-state index in [1.54, 1.807) is 30.7 Å². The first kappa shape index (κ1) is 24.5. The number of amides is 1. The molecule has 184 valence electrons. The smallest absolute Gasteiger partial charge is 0.243 e. The zero-order valence-electron chi connectivity index (χ0n) is 20.0. The summed E-state index contributed by atoms with van der Waals surface area (Å²) in [7, 11) is -0.210. The molecule has 1 atom stereocenters. The van der Waals surface area contributed by atoms with E-state index < -0.39 is 10.0 Å². The molecule has 0 aromatic heterocycles. The van der Waals surface area contributed by atoms with Gasteiger partial charge in [-0.2, -0.15) is 4.31 Å². The number of benzene rings is 2. The van der Waals surface area contributed by atoms with Crippen LogP contribution >= 0.6 is 0 Å². The van der Waals surface area contributed by atoms with Crippen molar-refractivity contribution < 1.29 is 22.7 Å². The number of sulfonamides is 1. The van der Waals surface area contributed by atoms with Crippen molar-refractivity contribution in [3.63, 3.8) is 0 Å². The second-order valence-electron chi connectivity index (χ2n) is 8.97. The van der Waals surface area contributed by atoms with Crippen LogP contribution in [0.25, 0.3) is 0 Å². The van der Waals surface area contributed by atoms with Crippen LogP contribution in [0.1, 0.15) is 55.7 Å². The molecule has 0 bridgehead atoms. The van der Waals surface area contributed by atoms with E-state index in [1.165, 1.54) is 0 Å². The molecular weight excluding hydrogens is 452 g/mol. The van der Waals surface area contributed by atoms with Gasteiger partial charge in [0, 0.05) is 26.1 Å². The van der Waals surface area contributed by atoms with E-state index in [0.717, 1.165) is 49.8 Å². The van der Waals surface area contributed by atoms with Crippen molar-refractivity contribution >= 4 is 15.9 Å². The highest BCUT2D eigenvalue weighted by Crippen LogP contribution is 2.37. The summed E-state index contributed by atoms with van der Waals surface area (Å²) in [5.41, 5.74) is 2.02. The van der Waals surface area contributed by atoms with Crippen LogP contribution in [0.3, 0.4) is 0 Å². The molecule has 8 heteroatoms. The van der Waals surface area contributed by atoms with Crippen LogP contribution in [0.5, 0.6) is 11.5 Å². The predicted molar refractivity (Wildman–Crippen MR) is 131 cm³/mol. The van der Waals surface area contributed by atoms with Gasteiger partial charge < -0.3 is 14.4 Å². The highest BCUT2D eigenvalue weighted by atomic mass is 32.2. The number of piperidine rings is 1. The van der Waals surface area contributed by atoms with Gasteiger partial charge >= 0.3 is 0 Å². The number of aryl methyl sites for hydroxylation is 1. The summed E-state index contributed by atoms with van der Waals surface area (Å²) in [6.45, 7) is 1.93. The molecule has 2 saturated heterocycles. The minimum Gasteiger partial charge on any atom is -0.493 e. The van der Waals surface area contributed by atoms with Crippen molar-refractivity contribution in [1.82, 2.24) is 9.21 Å². The Hall–Kier alpha value is -2.58. The van der Waals surface area contributed by atoms with Gasteiger partial charge in [0.25, 0.3) is 0 Å². The molecule has 34 heavy (non-hydrogen) atoms. The van der Waals surface area contributed by atoms with Crippen LogP contribution < -0.4 is 9.47 Å². The molecule has 0 N–H and O–H groups in total. The second-order valence-corrected chi connectivity index (χ2v) is 10.9. The number of nitrogens with zero attached hydrogens (tertiary/aromatic N) is 2. The van der Waals surface area contributed by atoms with Crippen LogP contribution in [-0.2, 0) is 21.2 Å². The van der Waals surface area contributed by atoms with Crippen molar-refractivity contribution in [2.45, 2.75) is 55.9 Å². The van der Waals surface area contributed by atoms with E-state index in [0.29, 0.717) is 42.3 Å². The van der Waals surface area contributed by atoms with E-state index in [1.807, 2.05) is 35.2 Å². The fraction of sp³-hybridized carbons (Fsp3) is 0.500. The quantitative estimate of drug-likeness (QED) is 0.560. The van der Waals surface area contributed by atoms with Gasteiger partial charge in [0.15, 0.2) is 11.5 Å². The highest BCUT2D eigenvalue weighted by molar-refractivity contribution is 7.89. The van der Waals surface area contributed by atoms with Gasteiger partial charge in [-0.05, 0) is 67.5 Å². The average Bonchev–Trinajstić information content (AvgIpc) is 3.38. The third-order valence-electron chi connectivity index (χ3n) is 6.87. The van der Waals surface area contributed by atoms with E-state index in [4.69, 9.17) is 9.47 Å². The molecule has 2 aliphatic rings. The molecule has 2 aliphatic heterocycles. The molecule has 0 spiro atoms. The van der Waals surface area contributed by atoms with Crippen molar-refractivity contribution in [3.05, 3.63) is 53.6 Å². The Labute approximate surface area is 202 Å². The summed E-state index contributed by atoms with van der Waals surface area (Å²) in [5.74, 6) is 1.45. The largest absolute Gasteiger partial charge is 0.493 e. The fourth-order valence-electron chi connectivity index (χ4n) is 4.95. The Morgan fingerprint density at radius 3 is 2.29 bits per heavy atom. The van der Waals surface area contributed by atoms with E-state index in [9.17, 15) is 13.2 Å². The lowest BCUT2D eigenvalue weighted by molar-refractivity contribution is -0.132. The molecule has 4 rings (SSSR count). The Bertz CT molecular complexity index is 1090. The number of hydrogen-bond acceptors (Lipinski definition) is 5. The first-order valence-electron chi connectivity index (χ1n) is 12.0. The Morgan fingerprint density at radius 1 is 0.912 bits per heavy atom. The van der Waals surface area contributed by atoms with Crippen molar-refractivity contribution in [3.8, 4) is 11.5 Å². The summed E-state index contributed by atoms with van der Waals surface area (Å²) in [4.78, 5) is 15.4. The van der Waals surface area contributed by atoms with Crippen molar-refractivity contribution in [2.24, 2.45) is 0 Å². The number of likely N-dealkylation sites (tertiary alicyclic amines) is 1. The highest BCUT2D eigenvalue weighted by Gasteiger charge is 2.30. The number of ether oxygens (including phenoxy) is 2. The van der Waals surface area contributed by atoms with Gasteiger partial charge in [-0.1, -0.05) is 24.6 Å². The summed E-state index contributed by atoms with van der Waals surface area (Å²) in [5, 5.41) is 0. The number of rotatable bonds is 8. The molecule has 2 heterocycles. The molecule has 0 aliphatic carbocycles. The maximum atomic E-state index is 13.1. The minimum atomic E-state index is -3.43. The number of carbonyl (C=O) groups is 1. The van der Waals surface area contributed by atoms with Gasteiger partial charge in [0.1, 0.15) is 0 Å². The van der Waals surface area contributed by atoms with Gasteiger partial charge in [-0.3, -0.25) is 4.79 Å². The lowest BCUT2D eigenvalue weighted by atomic mass is 10.0. The summed E-state index contributed by atoms with van der Waals surface area (Å²) in [6.07, 6.45) is 5.78. The first-order valence-corrected chi connectivity index (χ1v) is 13.5. The standard InChI is InChI=1S/C26H34N2O5S/c1-32-24-14-11-21(19-25(24)33-2)23-7-6-18-28(23)26(29)15-10-20-8-12-22(13-9-20)34(30,31)27-16-4-3-5-17-27/h8-9,11-14,19,23H,3-7,10,15-18H2,1-2H3. The molecule has 2 fully saturated rings. The van der Waals surface area contributed by atoms with Crippen LogP contribution in [-0.4, -0.2) is 57.4 Å². The first-order chi connectivity index (χ1) is 16.4. The second kappa shape index (κ2) is 10.8. The van der Waals surface area contributed by atoms with Crippen molar-refractivity contribution in [2.75, 3.05) is 33.9 Å². The predicted octanol–water partition coefficient (Wildman–Crippen LogP) is 4.17. The van der Waals surface area contributed by atoms with Gasteiger partial charge in [0.05, 0.1) is 25.2 Å². The molecule has 2 aromatic carbocycles. The average molecular weight is 487 g/mol. The maximum absolute atomic E-state index is 13.1. The van der Waals surface area contributed by atoms with Crippen LogP contribution in [0.2, 0.25) is 0 Å². The topological polar surface area (TPSA) is 76.2 Å². The van der Waals surface area contributed by atoms with Crippen LogP contribution in [0.4, 0.5) is 0 Å². The Morgan fingerprint density at radius 2 is 1.62 bits per heavy atom. The van der Waals surface area contributed by atoms with Crippen LogP contribution in [0, 0.1) is 0 Å². The molecule has 0 saturated carbocycles. The van der Waals surface area contributed by atoms with Gasteiger partial charge in [0.2, 0.25) is 15.9 Å². The van der Waals surface area contributed by atoms with E-state index >= 15 is 0 Å². The molecule has 1 amide bonds. The minimum absolute atomic E-state index is 0.0318. The maximum Gasteiger partial charge on any atom is 0.243 e. The van der Waals surface area contributed by atoms with Crippen LogP contribution in [0.15, 0.2) is 47.4 Å². The Kier molecular flexibility index (Phi) is 7.78. The number of hydrogen-bond donors (Lipinski definition) is 0. The third kappa shape index (κ3) is 5.23. The molecular formula is C26H34N2O5S. The van der Waals surface area contributed by atoms with Crippen molar-refractivity contribution in [1.29, 1.82) is 0 Å². The molecule has 0 radical (unpaired) electrons. The van der Waals surface area contributed by atoms with Gasteiger partial charge in [-0.15, -0.1) is 0 Å². The lowest BCUT2D eigenvalue weighted by Crippen LogP contribution is -2.35. The number of methoxy groups -OCH3 is 2. The zero-order chi connectivity index (χ0) is 24.1.